The van der Waals surface area contributed by atoms with Gasteiger partial charge >= 0.3 is 0 Å². The van der Waals surface area contributed by atoms with Gasteiger partial charge in [0.1, 0.15) is 6.61 Å². The summed E-state index contributed by atoms with van der Waals surface area (Å²) in [4.78, 5) is 25.7. The van der Waals surface area contributed by atoms with E-state index in [1.54, 1.807) is 4.90 Å². The number of amides is 2. The normalized spacial score (nSPS) is 17.2. The van der Waals surface area contributed by atoms with Gasteiger partial charge in [0.05, 0.1) is 0 Å². The monoisotopic (exact) mass is 229 g/mol. The molecule has 92 valence electrons. The molecule has 6 nitrogen and oxygen atoms in total. The lowest BCUT2D eigenvalue weighted by Crippen LogP contribution is -2.50. The number of nitrogens with one attached hydrogen (secondary N) is 1. The van der Waals surface area contributed by atoms with Gasteiger partial charge in [-0.05, 0) is 0 Å². The largest absolute Gasteiger partial charge is 0.387 e. The van der Waals surface area contributed by atoms with Gasteiger partial charge in [-0.15, -0.1) is 0 Å². The summed E-state index contributed by atoms with van der Waals surface area (Å²) < 4.78 is 0. The molecule has 0 saturated carbocycles. The van der Waals surface area contributed by atoms with Crippen molar-refractivity contribution in [3.05, 3.63) is 0 Å². The summed E-state index contributed by atoms with van der Waals surface area (Å²) in [7, 11) is 0. The molecule has 0 aromatic carbocycles. The summed E-state index contributed by atoms with van der Waals surface area (Å²) in [6.07, 6.45) is 0. The highest BCUT2D eigenvalue weighted by Crippen LogP contribution is 2.00. The lowest BCUT2D eigenvalue weighted by Gasteiger charge is -2.34. The van der Waals surface area contributed by atoms with E-state index in [1.165, 1.54) is 6.92 Å². The van der Waals surface area contributed by atoms with E-state index < -0.39 is 6.61 Å². The molecule has 0 radical (unpaired) electrons. The first-order chi connectivity index (χ1) is 7.63. The van der Waals surface area contributed by atoms with Gasteiger partial charge in [0.15, 0.2) is 0 Å². The smallest absolute Gasteiger partial charge is 0.248 e. The molecular weight excluding hydrogens is 210 g/mol. The summed E-state index contributed by atoms with van der Waals surface area (Å²) in [5, 5.41) is 11.4. The predicted molar refractivity (Wildman–Crippen MR) is 58.8 cm³/mol. The fourth-order valence-corrected chi connectivity index (χ4v) is 1.71. The van der Waals surface area contributed by atoms with Crippen molar-refractivity contribution in [2.75, 3.05) is 45.9 Å². The second-order valence-electron chi connectivity index (χ2n) is 3.86. The first kappa shape index (κ1) is 12.9. The molecule has 1 aliphatic rings. The zero-order valence-electron chi connectivity index (χ0n) is 9.61. The van der Waals surface area contributed by atoms with Crippen LogP contribution in [0.4, 0.5) is 0 Å². The molecule has 0 unspecified atom stereocenters. The summed E-state index contributed by atoms with van der Waals surface area (Å²) in [5.41, 5.74) is 0. The van der Waals surface area contributed by atoms with E-state index in [1.807, 2.05) is 0 Å². The second-order valence-corrected chi connectivity index (χ2v) is 3.86. The Morgan fingerprint density at radius 3 is 2.38 bits per heavy atom. The van der Waals surface area contributed by atoms with Gasteiger partial charge in [-0.3, -0.25) is 14.5 Å². The van der Waals surface area contributed by atoms with Crippen molar-refractivity contribution in [1.29, 1.82) is 0 Å². The van der Waals surface area contributed by atoms with E-state index in [4.69, 9.17) is 5.11 Å². The molecule has 0 atom stereocenters. The molecule has 1 saturated heterocycles. The zero-order valence-corrected chi connectivity index (χ0v) is 9.61. The second kappa shape index (κ2) is 6.44. The number of aliphatic hydroxyl groups excluding tert-OH is 1. The molecule has 0 aliphatic carbocycles. The van der Waals surface area contributed by atoms with E-state index >= 15 is 0 Å². The summed E-state index contributed by atoms with van der Waals surface area (Å²) >= 11 is 0. The van der Waals surface area contributed by atoms with E-state index in [-0.39, 0.29) is 11.8 Å². The van der Waals surface area contributed by atoms with Gasteiger partial charge < -0.3 is 15.3 Å². The first-order valence-corrected chi connectivity index (χ1v) is 5.49. The fraction of sp³-hybridized carbons (Fsp3) is 0.800. The molecule has 1 aliphatic heterocycles. The molecule has 1 heterocycles. The van der Waals surface area contributed by atoms with Crippen molar-refractivity contribution in [2.45, 2.75) is 6.92 Å². The van der Waals surface area contributed by atoms with Crippen LogP contribution in [-0.2, 0) is 9.59 Å². The summed E-state index contributed by atoms with van der Waals surface area (Å²) in [6, 6.07) is 0. The number of nitrogens with zero attached hydrogens (tertiary/aromatic N) is 2. The van der Waals surface area contributed by atoms with Crippen LogP contribution in [-0.4, -0.2) is 72.6 Å². The molecule has 6 heteroatoms. The molecular formula is C10H19N3O3. The molecule has 2 N–H and O–H groups in total. The van der Waals surface area contributed by atoms with Crippen LogP contribution in [0.1, 0.15) is 6.92 Å². The molecule has 0 spiro atoms. The quantitative estimate of drug-likeness (QED) is 0.600. The SMILES string of the molecule is CC(=O)NCCN1CCN(C(=O)CO)CC1. The molecule has 0 bridgehead atoms. The van der Waals surface area contributed by atoms with Gasteiger partial charge in [-0.25, -0.2) is 0 Å². The Bertz CT molecular complexity index is 250. The van der Waals surface area contributed by atoms with Crippen molar-refractivity contribution in [2.24, 2.45) is 0 Å². The third kappa shape index (κ3) is 4.16. The molecule has 1 rings (SSSR count). The third-order valence-electron chi connectivity index (χ3n) is 2.66. The number of piperazine rings is 1. The Morgan fingerprint density at radius 2 is 1.88 bits per heavy atom. The third-order valence-corrected chi connectivity index (χ3v) is 2.66. The lowest BCUT2D eigenvalue weighted by atomic mass is 10.3. The minimum absolute atomic E-state index is 0.0194. The molecule has 16 heavy (non-hydrogen) atoms. The number of carbonyl (C=O) groups excluding carboxylic acids is 2. The molecule has 0 aromatic rings. The van der Waals surface area contributed by atoms with Gasteiger partial charge in [-0.1, -0.05) is 0 Å². The van der Waals surface area contributed by atoms with Crippen molar-refractivity contribution < 1.29 is 14.7 Å². The van der Waals surface area contributed by atoms with Crippen molar-refractivity contribution in [3.8, 4) is 0 Å². The molecule has 1 fully saturated rings. The zero-order chi connectivity index (χ0) is 12.0. The van der Waals surface area contributed by atoms with Crippen LogP contribution < -0.4 is 5.32 Å². The predicted octanol–water partition coefficient (Wildman–Crippen LogP) is -1.74. The maximum Gasteiger partial charge on any atom is 0.248 e. The Hall–Kier alpha value is -1.14. The van der Waals surface area contributed by atoms with Gasteiger partial charge in [0.25, 0.3) is 0 Å². The van der Waals surface area contributed by atoms with E-state index in [2.05, 4.69) is 10.2 Å². The van der Waals surface area contributed by atoms with Crippen LogP contribution >= 0.6 is 0 Å². The number of hydrogen-bond acceptors (Lipinski definition) is 4. The van der Waals surface area contributed by atoms with Gasteiger partial charge in [0, 0.05) is 46.2 Å². The lowest BCUT2D eigenvalue weighted by molar-refractivity contribution is -0.135. The number of hydrogen-bond donors (Lipinski definition) is 2. The highest BCUT2D eigenvalue weighted by Gasteiger charge is 2.19. The summed E-state index contributed by atoms with van der Waals surface area (Å²) in [5.74, 6) is -0.226. The number of carbonyl (C=O) groups is 2. The summed E-state index contributed by atoms with van der Waals surface area (Å²) in [6.45, 7) is 5.43. The van der Waals surface area contributed by atoms with Crippen LogP contribution in [0.25, 0.3) is 0 Å². The van der Waals surface area contributed by atoms with E-state index in [9.17, 15) is 9.59 Å². The minimum Gasteiger partial charge on any atom is -0.387 e. The Kier molecular flexibility index (Phi) is 5.21. The Labute approximate surface area is 95.2 Å². The maximum atomic E-state index is 11.2. The van der Waals surface area contributed by atoms with Crippen LogP contribution in [0, 0.1) is 0 Å². The maximum absolute atomic E-state index is 11.2. The van der Waals surface area contributed by atoms with E-state index in [0.29, 0.717) is 19.6 Å². The average Bonchev–Trinajstić information content (AvgIpc) is 2.28. The average molecular weight is 229 g/mol. The number of rotatable bonds is 4. The Morgan fingerprint density at radius 1 is 1.25 bits per heavy atom. The van der Waals surface area contributed by atoms with Crippen molar-refractivity contribution >= 4 is 11.8 Å². The molecule has 0 aromatic heterocycles. The van der Waals surface area contributed by atoms with Crippen LogP contribution in [0.3, 0.4) is 0 Å². The van der Waals surface area contributed by atoms with Gasteiger partial charge in [0.2, 0.25) is 11.8 Å². The standard InChI is InChI=1S/C10H19N3O3/c1-9(15)11-2-3-12-4-6-13(7-5-12)10(16)8-14/h14H,2-8H2,1H3,(H,11,15). The highest BCUT2D eigenvalue weighted by molar-refractivity contribution is 5.77. The Balaban J connectivity index is 2.17. The van der Waals surface area contributed by atoms with Crippen molar-refractivity contribution in [1.82, 2.24) is 15.1 Å². The van der Waals surface area contributed by atoms with Crippen LogP contribution in [0.15, 0.2) is 0 Å². The first-order valence-electron chi connectivity index (χ1n) is 5.49. The van der Waals surface area contributed by atoms with Crippen LogP contribution in [0.5, 0.6) is 0 Å². The minimum atomic E-state index is -0.411. The molecule has 2 amide bonds. The van der Waals surface area contributed by atoms with Crippen LogP contribution in [0.2, 0.25) is 0 Å². The number of aliphatic hydroxyl groups is 1. The van der Waals surface area contributed by atoms with Gasteiger partial charge in [-0.2, -0.15) is 0 Å². The fourth-order valence-electron chi connectivity index (χ4n) is 1.71. The van der Waals surface area contributed by atoms with Crippen molar-refractivity contribution in [3.63, 3.8) is 0 Å². The van der Waals surface area contributed by atoms with E-state index in [0.717, 1.165) is 19.6 Å². The highest BCUT2D eigenvalue weighted by atomic mass is 16.3. The topological polar surface area (TPSA) is 72.9 Å².